The molecule has 0 radical (unpaired) electrons. The fourth-order valence-electron chi connectivity index (χ4n) is 3.53. The van der Waals surface area contributed by atoms with E-state index in [4.69, 9.17) is 4.74 Å². The summed E-state index contributed by atoms with van der Waals surface area (Å²) in [6, 6.07) is 8.62. The Labute approximate surface area is 169 Å². The van der Waals surface area contributed by atoms with Crippen LogP contribution in [0.5, 0.6) is 0 Å². The molecule has 0 saturated heterocycles. The summed E-state index contributed by atoms with van der Waals surface area (Å²) in [5.74, 6) is -0.796. The van der Waals surface area contributed by atoms with Gasteiger partial charge in [-0.05, 0) is 54.5 Å². The molecular weight excluding hydrogens is 397 g/mol. The van der Waals surface area contributed by atoms with Crippen LogP contribution in [-0.2, 0) is 26.9 Å². The van der Waals surface area contributed by atoms with E-state index in [1.807, 2.05) is 0 Å². The maximum absolute atomic E-state index is 13.2. The minimum absolute atomic E-state index is 0.0562. The van der Waals surface area contributed by atoms with Gasteiger partial charge in [0.05, 0.1) is 30.0 Å². The zero-order chi connectivity index (χ0) is 21.5. The second kappa shape index (κ2) is 7.37. The number of aromatic amines is 1. The number of amides is 1. The molecule has 5 nitrogen and oxygen atoms in total. The first-order chi connectivity index (χ1) is 14.3. The van der Waals surface area contributed by atoms with Crippen molar-refractivity contribution in [3.05, 3.63) is 59.2 Å². The van der Waals surface area contributed by atoms with Gasteiger partial charge in [0, 0.05) is 22.5 Å². The first kappa shape index (κ1) is 19.8. The van der Waals surface area contributed by atoms with Crippen molar-refractivity contribution in [2.75, 3.05) is 11.9 Å². The summed E-state index contributed by atoms with van der Waals surface area (Å²) in [6.07, 6.45) is -1.66. The van der Waals surface area contributed by atoms with Crippen LogP contribution in [-0.4, -0.2) is 23.5 Å². The molecule has 3 aromatic rings. The highest BCUT2D eigenvalue weighted by Crippen LogP contribution is 2.40. The van der Waals surface area contributed by atoms with Crippen molar-refractivity contribution in [3.63, 3.8) is 0 Å². The quantitative estimate of drug-likeness (QED) is 0.472. The third-order valence-corrected chi connectivity index (χ3v) is 4.86. The first-order valence-electron chi connectivity index (χ1n) is 9.27. The van der Waals surface area contributed by atoms with Crippen LogP contribution < -0.4 is 5.32 Å². The number of aromatic nitrogens is 1. The molecule has 2 N–H and O–H groups in total. The number of benzene rings is 2. The standard InChI is InChI=1S/C22H17F3N2O3/c1-2-30-20(29)8-4-12-3-6-18-16(9-12)21-15(11-19(28)26-18)14-10-13(22(23,24)25)5-7-17(14)27-21/h3-10,27H,2,11H2,1H3,(H,26,28)/b8-4+. The second-order valence-electron chi connectivity index (χ2n) is 6.85. The van der Waals surface area contributed by atoms with Gasteiger partial charge in [-0.3, -0.25) is 4.79 Å². The minimum atomic E-state index is -4.48. The second-order valence-corrected chi connectivity index (χ2v) is 6.85. The van der Waals surface area contributed by atoms with E-state index in [1.54, 1.807) is 31.2 Å². The Bertz CT molecular complexity index is 1190. The van der Waals surface area contributed by atoms with Crippen LogP contribution >= 0.6 is 0 Å². The van der Waals surface area contributed by atoms with Crippen molar-refractivity contribution in [3.8, 4) is 11.3 Å². The third-order valence-electron chi connectivity index (χ3n) is 4.86. The fraction of sp³-hybridized carbons (Fsp3) is 0.182. The summed E-state index contributed by atoms with van der Waals surface area (Å²) in [5, 5.41) is 3.14. The summed E-state index contributed by atoms with van der Waals surface area (Å²) in [6.45, 7) is 1.97. The number of alkyl halides is 3. The molecule has 4 rings (SSSR count). The van der Waals surface area contributed by atoms with Gasteiger partial charge in [0.2, 0.25) is 5.91 Å². The Morgan fingerprint density at radius 3 is 2.73 bits per heavy atom. The van der Waals surface area contributed by atoms with Crippen molar-refractivity contribution in [1.29, 1.82) is 0 Å². The molecule has 30 heavy (non-hydrogen) atoms. The summed E-state index contributed by atoms with van der Waals surface area (Å²) in [7, 11) is 0. The van der Waals surface area contributed by atoms with Crippen molar-refractivity contribution in [1.82, 2.24) is 4.98 Å². The number of rotatable bonds is 3. The molecule has 0 spiro atoms. The number of H-pyrrole nitrogens is 1. The average Bonchev–Trinajstić information content (AvgIpc) is 2.97. The molecule has 2 heterocycles. The normalized spacial score (nSPS) is 13.7. The lowest BCUT2D eigenvalue weighted by atomic mass is 10.00. The van der Waals surface area contributed by atoms with E-state index >= 15 is 0 Å². The molecule has 2 aromatic carbocycles. The largest absolute Gasteiger partial charge is 0.463 e. The lowest BCUT2D eigenvalue weighted by Gasteiger charge is -2.08. The number of ether oxygens (including phenoxy) is 1. The predicted molar refractivity (Wildman–Crippen MR) is 107 cm³/mol. The molecule has 8 heteroatoms. The number of nitrogens with one attached hydrogen (secondary N) is 2. The lowest BCUT2D eigenvalue weighted by molar-refractivity contribution is -0.138. The van der Waals surface area contributed by atoms with E-state index < -0.39 is 17.7 Å². The van der Waals surface area contributed by atoms with Crippen LogP contribution in [0.2, 0.25) is 0 Å². The van der Waals surface area contributed by atoms with Crippen LogP contribution in [0.25, 0.3) is 28.2 Å². The summed E-state index contributed by atoms with van der Waals surface area (Å²) >= 11 is 0. The van der Waals surface area contributed by atoms with Crippen LogP contribution in [0.15, 0.2) is 42.5 Å². The number of carbonyl (C=O) groups excluding carboxylic acids is 2. The fourth-order valence-corrected chi connectivity index (χ4v) is 3.53. The molecule has 0 aliphatic carbocycles. The van der Waals surface area contributed by atoms with Gasteiger partial charge in [0.1, 0.15) is 0 Å². The number of hydrogen-bond donors (Lipinski definition) is 2. The Hall–Kier alpha value is -3.55. The van der Waals surface area contributed by atoms with Gasteiger partial charge in [-0.2, -0.15) is 13.2 Å². The highest BCUT2D eigenvalue weighted by molar-refractivity contribution is 6.05. The smallest absolute Gasteiger partial charge is 0.416 e. The molecule has 0 saturated carbocycles. The zero-order valence-electron chi connectivity index (χ0n) is 15.9. The number of halogens is 3. The zero-order valence-corrected chi connectivity index (χ0v) is 15.9. The molecule has 154 valence electrons. The predicted octanol–water partition coefficient (Wildman–Crippen LogP) is 4.92. The molecular formula is C22H17F3N2O3. The van der Waals surface area contributed by atoms with E-state index in [0.29, 0.717) is 39.0 Å². The number of esters is 1. The van der Waals surface area contributed by atoms with Crippen molar-refractivity contribution in [2.45, 2.75) is 19.5 Å². The van der Waals surface area contributed by atoms with Crippen molar-refractivity contribution >= 4 is 34.5 Å². The molecule has 1 aliphatic heterocycles. The van der Waals surface area contributed by atoms with E-state index in [2.05, 4.69) is 10.3 Å². The van der Waals surface area contributed by atoms with Gasteiger partial charge in [-0.15, -0.1) is 0 Å². The van der Waals surface area contributed by atoms with Gasteiger partial charge in [0.25, 0.3) is 0 Å². The molecule has 1 amide bonds. The average molecular weight is 414 g/mol. The highest BCUT2D eigenvalue weighted by atomic mass is 19.4. The molecule has 1 aromatic heterocycles. The molecule has 1 aliphatic rings. The number of fused-ring (bicyclic) bond motifs is 5. The van der Waals surface area contributed by atoms with Gasteiger partial charge in [-0.25, -0.2) is 4.79 Å². The van der Waals surface area contributed by atoms with Crippen molar-refractivity contribution < 1.29 is 27.5 Å². The SMILES string of the molecule is CCOC(=O)/C=C/c1ccc2c(c1)-c1[nH]c3ccc(C(F)(F)F)cc3c1CC(=O)N2. The van der Waals surface area contributed by atoms with Crippen LogP contribution in [0.3, 0.4) is 0 Å². The first-order valence-corrected chi connectivity index (χ1v) is 9.27. The van der Waals surface area contributed by atoms with Crippen molar-refractivity contribution in [2.24, 2.45) is 0 Å². The van der Waals surface area contributed by atoms with E-state index in [1.165, 1.54) is 12.1 Å². The lowest BCUT2D eigenvalue weighted by Crippen LogP contribution is -2.12. The van der Waals surface area contributed by atoms with Crippen LogP contribution in [0.1, 0.15) is 23.6 Å². The number of carbonyl (C=O) groups is 2. The Morgan fingerprint density at radius 1 is 1.20 bits per heavy atom. The van der Waals surface area contributed by atoms with Gasteiger partial charge in [0.15, 0.2) is 0 Å². The maximum Gasteiger partial charge on any atom is 0.416 e. The molecule has 0 bridgehead atoms. The summed E-state index contributed by atoms with van der Waals surface area (Å²) < 4.78 is 44.4. The van der Waals surface area contributed by atoms with Gasteiger partial charge < -0.3 is 15.0 Å². The number of hydrogen-bond acceptors (Lipinski definition) is 3. The van der Waals surface area contributed by atoms with E-state index in [0.717, 1.165) is 12.1 Å². The molecule has 0 atom stereocenters. The Balaban J connectivity index is 1.85. The van der Waals surface area contributed by atoms with E-state index in [9.17, 15) is 22.8 Å². The van der Waals surface area contributed by atoms with Gasteiger partial charge >= 0.3 is 12.1 Å². The Kier molecular flexibility index (Phi) is 4.85. The minimum Gasteiger partial charge on any atom is -0.463 e. The van der Waals surface area contributed by atoms with Crippen LogP contribution in [0.4, 0.5) is 18.9 Å². The number of anilines is 1. The molecule has 0 fully saturated rings. The monoisotopic (exact) mass is 414 g/mol. The topological polar surface area (TPSA) is 71.2 Å². The molecule has 0 unspecified atom stereocenters. The van der Waals surface area contributed by atoms with Crippen LogP contribution in [0, 0.1) is 0 Å². The van der Waals surface area contributed by atoms with Gasteiger partial charge in [-0.1, -0.05) is 6.07 Å². The summed E-state index contributed by atoms with van der Waals surface area (Å²) in [5.41, 5.74) is 2.66. The Morgan fingerprint density at radius 2 is 2.00 bits per heavy atom. The maximum atomic E-state index is 13.2. The van der Waals surface area contributed by atoms with E-state index in [-0.39, 0.29) is 18.9 Å². The summed E-state index contributed by atoms with van der Waals surface area (Å²) in [4.78, 5) is 27.1. The third kappa shape index (κ3) is 3.68. The highest BCUT2D eigenvalue weighted by Gasteiger charge is 2.32.